The summed E-state index contributed by atoms with van der Waals surface area (Å²) in [4.78, 5) is 0. The summed E-state index contributed by atoms with van der Waals surface area (Å²) in [5.41, 5.74) is 0. The maximum Gasteiger partial charge on any atom is 0.206 e. The molecule has 3 nitrogen and oxygen atoms in total. The van der Waals surface area contributed by atoms with Gasteiger partial charge in [0.15, 0.2) is 0 Å². The average molecular weight is 213 g/mol. The van der Waals surface area contributed by atoms with E-state index < -0.39 is 0 Å². The minimum Gasteiger partial charge on any atom is -0.494 e. The van der Waals surface area contributed by atoms with Gasteiger partial charge in [0, 0.05) is 9.06 Å². The van der Waals surface area contributed by atoms with Crippen LogP contribution in [-0.4, -0.2) is 14.6 Å². The molecule has 0 aliphatic carbocycles. The molecule has 0 radical (unpaired) electrons. The van der Waals surface area contributed by atoms with Crippen molar-refractivity contribution in [2.75, 3.05) is 0 Å². The molecule has 1 atom stereocenters. The standard InChI is InChI=1S/C8H8NO2PS/c1-3-5-6(4(2)13-3)8(11)9(12)7(5)10/h10-11H,1-2,12H2. The van der Waals surface area contributed by atoms with Crippen molar-refractivity contribution in [3.8, 4) is 11.8 Å². The number of thiophene rings is 1. The van der Waals surface area contributed by atoms with Crippen LogP contribution in [0, 0.1) is 0 Å². The van der Waals surface area contributed by atoms with Crippen LogP contribution < -0.4 is 9.06 Å². The third-order valence-corrected chi connectivity index (χ3v) is 3.35. The van der Waals surface area contributed by atoms with E-state index in [1.165, 1.54) is 15.7 Å². The molecule has 0 aromatic carbocycles. The van der Waals surface area contributed by atoms with Gasteiger partial charge in [0.2, 0.25) is 11.8 Å². The van der Waals surface area contributed by atoms with E-state index in [-0.39, 0.29) is 11.8 Å². The molecule has 0 saturated heterocycles. The molecule has 13 heavy (non-hydrogen) atoms. The quantitative estimate of drug-likeness (QED) is 0.628. The third kappa shape index (κ3) is 0.929. The summed E-state index contributed by atoms with van der Waals surface area (Å²) in [7, 11) is 2.22. The number of rotatable bonds is 0. The van der Waals surface area contributed by atoms with Gasteiger partial charge in [-0.15, -0.1) is 11.3 Å². The van der Waals surface area contributed by atoms with E-state index in [1.54, 1.807) is 0 Å². The van der Waals surface area contributed by atoms with Gasteiger partial charge in [0.1, 0.15) is 0 Å². The summed E-state index contributed by atoms with van der Waals surface area (Å²) in [5, 5.41) is 20.4. The first-order chi connectivity index (χ1) is 6.04. The van der Waals surface area contributed by atoms with E-state index in [4.69, 9.17) is 0 Å². The summed E-state index contributed by atoms with van der Waals surface area (Å²) in [5.74, 6) is 0.0160. The van der Waals surface area contributed by atoms with Gasteiger partial charge in [-0.3, -0.25) is 4.34 Å². The lowest BCUT2D eigenvalue weighted by Crippen LogP contribution is -1.90. The first-order valence-corrected chi connectivity index (χ1v) is 4.85. The van der Waals surface area contributed by atoms with E-state index in [9.17, 15) is 10.2 Å². The lowest BCUT2D eigenvalue weighted by Gasteiger charge is -1.94. The molecule has 0 saturated carbocycles. The van der Waals surface area contributed by atoms with Gasteiger partial charge in [-0.25, -0.2) is 0 Å². The highest BCUT2D eigenvalue weighted by Crippen LogP contribution is 2.34. The Kier molecular flexibility index (Phi) is 1.65. The molecule has 0 bridgehead atoms. The zero-order valence-electron chi connectivity index (χ0n) is 6.74. The molecule has 68 valence electrons. The summed E-state index contributed by atoms with van der Waals surface area (Å²) in [6.07, 6.45) is 0. The molecular formula is C8H8NO2PS. The molecule has 0 aliphatic heterocycles. The largest absolute Gasteiger partial charge is 0.494 e. The predicted octanol–water partition coefficient (Wildman–Crippen LogP) is 0.573. The smallest absolute Gasteiger partial charge is 0.206 e. The van der Waals surface area contributed by atoms with Crippen molar-refractivity contribution in [1.29, 1.82) is 0 Å². The molecule has 0 spiro atoms. The van der Waals surface area contributed by atoms with Crippen LogP contribution in [0.2, 0.25) is 0 Å². The van der Waals surface area contributed by atoms with E-state index >= 15 is 0 Å². The lowest BCUT2D eigenvalue weighted by molar-refractivity contribution is 0.420. The van der Waals surface area contributed by atoms with Crippen LogP contribution in [0.4, 0.5) is 0 Å². The first kappa shape index (κ1) is 8.60. The van der Waals surface area contributed by atoms with Gasteiger partial charge in [-0.05, 0) is 9.39 Å². The number of aromatic nitrogens is 1. The monoisotopic (exact) mass is 213 g/mol. The highest BCUT2D eigenvalue weighted by atomic mass is 32.1. The highest BCUT2D eigenvalue weighted by Gasteiger charge is 2.16. The topological polar surface area (TPSA) is 45.4 Å². The molecule has 2 aromatic heterocycles. The third-order valence-electron chi connectivity index (χ3n) is 1.96. The van der Waals surface area contributed by atoms with Gasteiger partial charge >= 0.3 is 0 Å². The van der Waals surface area contributed by atoms with Crippen molar-refractivity contribution in [3.05, 3.63) is 9.06 Å². The molecule has 0 fully saturated rings. The Morgan fingerprint density at radius 3 is 1.85 bits per heavy atom. The number of fused-ring (bicyclic) bond motifs is 1. The summed E-state index contributed by atoms with van der Waals surface area (Å²) < 4.78 is 2.67. The van der Waals surface area contributed by atoms with Gasteiger partial charge in [0.25, 0.3) is 0 Å². The predicted molar refractivity (Wildman–Crippen MR) is 58.5 cm³/mol. The summed E-state index contributed by atoms with van der Waals surface area (Å²) in [6.45, 7) is 7.54. The number of aromatic hydroxyl groups is 2. The van der Waals surface area contributed by atoms with Crippen molar-refractivity contribution in [2.24, 2.45) is 0 Å². The normalized spacial score (nSPS) is 11.2. The highest BCUT2D eigenvalue weighted by molar-refractivity contribution is 7.15. The van der Waals surface area contributed by atoms with E-state index in [0.29, 0.717) is 19.8 Å². The Morgan fingerprint density at radius 1 is 1.08 bits per heavy atom. The Bertz CT molecular complexity index is 535. The zero-order chi connectivity index (χ0) is 9.75. The minimum absolute atomic E-state index is 0.00801. The molecule has 2 heterocycles. The van der Waals surface area contributed by atoms with Gasteiger partial charge in [-0.2, -0.15) is 0 Å². The maximum absolute atomic E-state index is 9.59. The Balaban J connectivity index is 3.24. The Hall–Kier alpha value is -0.990. The van der Waals surface area contributed by atoms with Crippen molar-refractivity contribution in [3.63, 3.8) is 0 Å². The van der Waals surface area contributed by atoms with Gasteiger partial charge in [-0.1, -0.05) is 13.2 Å². The molecule has 1 unspecified atom stereocenters. The molecule has 2 rings (SSSR count). The molecule has 0 aliphatic rings. The number of hydrogen-bond donors (Lipinski definition) is 2. The number of nitrogens with zero attached hydrogens (tertiary/aromatic N) is 1. The van der Waals surface area contributed by atoms with Crippen molar-refractivity contribution in [1.82, 2.24) is 4.34 Å². The molecule has 0 amide bonds. The first-order valence-electron chi connectivity index (χ1n) is 3.52. The lowest BCUT2D eigenvalue weighted by atomic mass is 10.3. The molecule has 5 heteroatoms. The SMILES string of the molecule is C=c1sc(=C)c2c(O)n(P)c(O)c12. The summed E-state index contributed by atoms with van der Waals surface area (Å²) in [6, 6.07) is 0. The van der Waals surface area contributed by atoms with Crippen LogP contribution in [0.25, 0.3) is 23.9 Å². The molecular weight excluding hydrogens is 205 g/mol. The van der Waals surface area contributed by atoms with Crippen LogP contribution >= 0.6 is 20.7 Å². The van der Waals surface area contributed by atoms with Crippen molar-refractivity contribution >= 4 is 44.7 Å². The average Bonchev–Trinajstić information content (AvgIpc) is 2.47. The van der Waals surface area contributed by atoms with Gasteiger partial charge in [0.05, 0.1) is 10.8 Å². The second-order valence-corrected chi connectivity index (χ2v) is 4.42. The maximum atomic E-state index is 9.59. The van der Waals surface area contributed by atoms with Crippen LogP contribution in [0.5, 0.6) is 11.8 Å². The van der Waals surface area contributed by atoms with E-state index in [2.05, 4.69) is 22.5 Å². The molecule has 2 N–H and O–H groups in total. The Morgan fingerprint density at radius 2 is 1.46 bits per heavy atom. The number of hydrogen-bond acceptors (Lipinski definition) is 3. The van der Waals surface area contributed by atoms with Crippen molar-refractivity contribution in [2.45, 2.75) is 0 Å². The Labute approximate surface area is 80.5 Å². The van der Waals surface area contributed by atoms with Gasteiger partial charge < -0.3 is 10.2 Å². The fourth-order valence-corrected chi connectivity index (χ4v) is 2.49. The fourth-order valence-electron chi connectivity index (χ4n) is 1.34. The fraction of sp³-hybridized carbons (Fsp3) is 0. The van der Waals surface area contributed by atoms with Crippen molar-refractivity contribution < 1.29 is 10.2 Å². The molecule has 2 aromatic rings. The van der Waals surface area contributed by atoms with Crippen LogP contribution in [0.15, 0.2) is 0 Å². The van der Waals surface area contributed by atoms with E-state index in [0.717, 1.165) is 0 Å². The second-order valence-electron chi connectivity index (χ2n) is 2.72. The van der Waals surface area contributed by atoms with Crippen LogP contribution in [0.3, 0.4) is 0 Å². The van der Waals surface area contributed by atoms with E-state index in [1.807, 2.05) is 0 Å². The van der Waals surface area contributed by atoms with Crippen LogP contribution in [0.1, 0.15) is 0 Å². The summed E-state index contributed by atoms with van der Waals surface area (Å²) >= 11 is 1.36. The second kappa shape index (κ2) is 2.50. The minimum atomic E-state index is 0.00801. The zero-order valence-corrected chi connectivity index (χ0v) is 8.71. The van der Waals surface area contributed by atoms with Crippen LogP contribution in [-0.2, 0) is 0 Å².